The van der Waals surface area contributed by atoms with E-state index >= 15 is 0 Å². The summed E-state index contributed by atoms with van der Waals surface area (Å²) in [6.45, 7) is 10.3. The topological polar surface area (TPSA) is 24.9 Å². The van der Waals surface area contributed by atoms with E-state index in [9.17, 15) is 4.39 Å². The predicted molar refractivity (Wildman–Crippen MR) is 91.3 cm³/mol. The zero-order valence-electron chi connectivity index (χ0n) is 12.8. The Morgan fingerprint density at radius 2 is 2.05 bits per heavy atom. The third-order valence-electron chi connectivity index (χ3n) is 3.10. The maximum absolute atomic E-state index is 13.5. The number of hydrogen-bond donors (Lipinski definition) is 1. The normalized spacial score (nSPS) is 11.9. The first-order chi connectivity index (χ1) is 9.82. The van der Waals surface area contributed by atoms with Crippen LogP contribution >= 0.6 is 27.3 Å². The lowest BCUT2D eigenvalue weighted by Crippen LogP contribution is -2.18. The summed E-state index contributed by atoms with van der Waals surface area (Å²) in [5.74, 6) is -0.242. The molecule has 1 aromatic heterocycles. The van der Waals surface area contributed by atoms with Gasteiger partial charge in [0.2, 0.25) is 0 Å². The van der Waals surface area contributed by atoms with Crippen molar-refractivity contribution >= 4 is 27.3 Å². The maximum atomic E-state index is 13.5. The van der Waals surface area contributed by atoms with Gasteiger partial charge in [-0.3, -0.25) is 0 Å². The first kappa shape index (κ1) is 16.6. The number of nitrogens with zero attached hydrogens (tertiary/aromatic N) is 1. The van der Waals surface area contributed by atoms with E-state index in [-0.39, 0.29) is 11.2 Å². The Kier molecular flexibility index (Phi) is 5.17. The summed E-state index contributed by atoms with van der Waals surface area (Å²) >= 11 is 5.12. The van der Waals surface area contributed by atoms with Crippen LogP contribution in [0.4, 0.5) is 4.39 Å². The molecule has 0 radical (unpaired) electrons. The molecule has 0 unspecified atom stereocenters. The Morgan fingerprint density at radius 3 is 2.67 bits per heavy atom. The van der Waals surface area contributed by atoms with Gasteiger partial charge in [0.1, 0.15) is 10.8 Å². The number of benzene rings is 1. The standard InChI is InChI=1S/C16H20BrFN2S/c1-5-19-9-13-14(16(2,3)4)20-15(21-13)11-8-10(18)6-7-12(11)17/h6-8,19H,5,9H2,1-4H3. The first-order valence-corrected chi connectivity index (χ1v) is 8.60. The van der Waals surface area contributed by atoms with Crippen LogP contribution in [-0.4, -0.2) is 11.5 Å². The van der Waals surface area contributed by atoms with Gasteiger partial charge < -0.3 is 5.32 Å². The highest BCUT2D eigenvalue weighted by atomic mass is 79.9. The van der Waals surface area contributed by atoms with E-state index < -0.39 is 0 Å². The lowest BCUT2D eigenvalue weighted by Gasteiger charge is -2.17. The van der Waals surface area contributed by atoms with Crippen molar-refractivity contribution in [3.8, 4) is 10.6 Å². The van der Waals surface area contributed by atoms with E-state index in [0.29, 0.717) is 0 Å². The molecule has 21 heavy (non-hydrogen) atoms. The SMILES string of the molecule is CCNCc1sc(-c2cc(F)ccc2Br)nc1C(C)(C)C. The summed E-state index contributed by atoms with van der Waals surface area (Å²) in [6, 6.07) is 4.71. The highest BCUT2D eigenvalue weighted by molar-refractivity contribution is 9.10. The summed E-state index contributed by atoms with van der Waals surface area (Å²) in [4.78, 5) is 6.01. The smallest absolute Gasteiger partial charge is 0.125 e. The molecule has 2 nitrogen and oxygen atoms in total. The zero-order valence-corrected chi connectivity index (χ0v) is 15.2. The molecule has 0 amide bonds. The minimum atomic E-state index is -0.242. The van der Waals surface area contributed by atoms with Gasteiger partial charge in [-0.15, -0.1) is 11.3 Å². The van der Waals surface area contributed by atoms with Gasteiger partial charge in [-0.25, -0.2) is 9.37 Å². The minimum Gasteiger partial charge on any atom is -0.312 e. The van der Waals surface area contributed by atoms with E-state index in [4.69, 9.17) is 4.98 Å². The van der Waals surface area contributed by atoms with Crippen LogP contribution in [0.1, 0.15) is 38.3 Å². The molecule has 5 heteroatoms. The molecular formula is C16H20BrFN2S. The Balaban J connectivity index is 2.50. The van der Waals surface area contributed by atoms with E-state index in [0.717, 1.165) is 33.8 Å². The lowest BCUT2D eigenvalue weighted by atomic mass is 9.91. The average Bonchev–Trinajstić information content (AvgIpc) is 2.83. The number of hydrogen-bond acceptors (Lipinski definition) is 3. The van der Waals surface area contributed by atoms with Crippen molar-refractivity contribution in [1.82, 2.24) is 10.3 Å². The largest absolute Gasteiger partial charge is 0.312 e. The molecular weight excluding hydrogens is 351 g/mol. The van der Waals surface area contributed by atoms with Gasteiger partial charge in [-0.05, 0) is 24.7 Å². The second-order valence-corrected chi connectivity index (χ2v) is 7.88. The minimum absolute atomic E-state index is 0.0285. The highest BCUT2D eigenvalue weighted by Gasteiger charge is 2.24. The van der Waals surface area contributed by atoms with Gasteiger partial charge in [0.25, 0.3) is 0 Å². The Morgan fingerprint density at radius 1 is 1.33 bits per heavy atom. The quantitative estimate of drug-likeness (QED) is 0.807. The zero-order chi connectivity index (χ0) is 15.6. The molecule has 0 atom stereocenters. The summed E-state index contributed by atoms with van der Waals surface area (Å²) < 4.78 is 14.4. The van der Waals surface area contributed by atoms with Crippen molar-refractivity contribution in [2.24, 2.45) is 0 Å². The van der Waals surface area contributed by atoms with Crippen LogP contribution in [0.15, 0.2) is 22.7 Å². The Labute approximate surface area is 137 Å². The van der Waals surface area contributed by atoms with Crippen LogP contribution in [0, 0.1) is 5.82 Å². The fraction of sp³-hybridized carbons (Fsp3) is 0.438. The van der Waals surface area contributed by atoms with Crippen molar-refractivity contribution in [2.45, 2.75) is 39.7 Å². The van der Waals surface area contributed by atoms with Crippen molar-refractivity contribution in [1.29, 1.82) is 0 Å². The second kappa shape index (κ2) is 6.55. The molecule has 114 valence electrons. The molecule has 0 saturated carbocycles. The van der Waals surface area contributed by atoms with Gasteiger partial charge in [0, 0.05) is 26.9 Å². The third kappa shape index (κ3) is 3.90. The van der Waals surface area contributed by atoms with E-state index in [1.807, 2.05) is 0 Å². The number of halogens is 2. The fourth-order valence-electron chi connectivity index (χ4n) is 2.07. The van der Waals surface area contributed by atoms with Crippen molar-refractivity contribution in [3.63, 3.8) is 0 Å². The third-order valence-corrected chi connectivity index (χ3v) is 4.88. The second-order valence-electron chi connectivity index (χ2n) is 5.95. The molecule has 0 aliphatic rings. The number of rotatable bonds is 4. The van der Waals surface area contributed by atoms with Crippen LogP contribution in [0.3, 0.4) is 0 Å². The number of thiazole rings is 1. The molecule has 1 heterocycles. The van der Waals surface area contributed by atoms with Crippen LogP contribution in [-0.2, 0) is 12.0 Å². The van der Waals surface area contributed by atoms with Crippen molar-refractivity contribution < 1.29 is 4.39 Å². The van der Waals surface area contributed by atoms with Gasteiger partial charge in [-0.1, -0.05) is 43.6 Å². The van der Waals surface area contributed by atoms with Gasteiger partial charge in [-0.2, -0.15) is 0 Å². The summed E-state index contributed by atoms with van der Waals surface area (Å²) in [7, 11) is 0. The first-order valence-electron chi connectivity index (χ1n) is 6.99. The molecule has 0 fully saturated rings. The molecule has 0 aliphatic heterocycles. The molecule has 0 spiro atoms. The van der Waals surface area contributed by atoms with Crippen molar-refractivity contribution in [2.75, 3.05) is 6.54 Å². The summed E-state index contributed by atoms with van der Waals surface area (Å²) in [5.41, 5.74) is 1.87. The average molecular weight is 371 g/mol. The highest BCUT2D eigenvalue weighted by Crippen LogP contribution is 2.37. The molecule has 1 aromatic carbocycles. The summed E-state index contributed by atoms with van der Waals surface area (Å²) in [6.07, 6.45) is 0. The number of aromatic nitrogens is 1. The summed E-state index contributed by atoms with van der Waals surface area (Å²) in [5, 5.41) is 4.21. The van der Waals surface area contributed by atoms with Gasteiger partial charge >= 0.3 is 0 Å². The van der Waals surface area contributed by atoms with Crippen LogP contribution < -0.4 is 5.32 Å². The molecule has 0 aliphatic carbocycles. The van der Waals surface area contributed by atoms with Crippen molar-refractivity contribution in [3.05, 3.63) is 39.1 Å². The monoisotopic (exact) mass is 370 g/mol. The van der Waals surface area contributed by atoms with E-state index in [1.54, 1.807) is 17.4 Å². The molecule has 2 rings (SSSR count). The lowest BCUT2D eigenvalue weighted by molar-refractivity contribution is 0.561. The van der Waals surface area contributed by atoms with Crippen LogP contribution in [0.5, 0.6) is 0 Å². The van der Waals surface area contributed by atoms with Crippen LogP contribution in [0.2, 0.25) is 0 Å². The van der Waals surface area contributed by atoms with Gasteiger partial charge in [0.15, 0.2) is 0 Å². The van der Waals surface area contributed by atoms with E-state index in [1.165, 1.54) is 17.0 Å². The van der Waals surface area contributed by atoms with Gasteiger partial charge in [0.05, 0.1) is 5.69 Å². The number of nitrogens with one attached hydrogen (secondary N) is 1. The molecule has 1 N–H and O–H groups in total. The molecule has 0 saturated heterocycles. The Bertz CT molecular complexity index is 632. The van der Waals surface area contributed by atoms with E-state index in [2.05, 4.69) is 48.9 Å². The maximum Gasteiger partial charge on any atom is 0.125 e. The molecule has 2 aromatic rings. The predicted octanol–water partition coefficient (Wildman–Crippen LogP) is 5.12. The fourth-order valence-corrected chi connectivity index (χ4v) is 3.91. The van der Waals surface area contributed by atoms with Crippen LogP contribution in [0.25, 0.3) is 10.6 Å². The Hall–Kier alpha value is -0.780. The molecule has 0 bridgehead atoms.